The van der Waals surface area contributed by atoms with E-state index in [1.165, 1.54) is 0 Å². The summed E-state index contributed by atoms with van der Waals surface area (Å²) in [5.74, 6) is 1.21. The Morgan fingerprint density at radius 1 is 0.857 bits per heavy atom. The Morgan fingerprint density at radius 2 is 1.57 bits per heavy atom. The molecule has 2 rings (SSSR count). The molecule has 3 nitrogen and oxygen atoms in total. The molecular formula is C15H14Cl3NO2. The molecule has 0 saturated heterocycles. The number of anilines is 1. The number of halogens is 3. The van der Waals surface area contributed by atoms with Gasteiger partial charge in [0.05, 0.1) is 35.0 Å². The van der Waals surface area contributed by atoms with E-state index in [9.17, 15) is 0 Å². The molecule has 0 spiro atoms. The van der Waals surface area contributed by atoms with Crippen molar-refractivity contribution in [2.24, 2.45) is 0 Å². The number of ether oxygens (including phenoxy) is 2. The first kappa shape index (κ1) is 16.1. The van der Waals surface area contributed by atoms with Gasteiger partial charge in [-0.1, -0.05) is 40.9 Å². The second kappa shape index (κ2) is 7.12. The van der Waals surface area contributed by atoms with Crippen LogP contribution in [0, 0.1) is 0 Å². The molecule has 112 valence electrons. The van der Waals surface area contributed by atoms with E-state index in [4.69, 9.17) is 44.3 Å². The zero-order chi connectivity index (χ0) is 15.4. The largest absolute Gasteiger partial charge is 0.495 e. The van der Waals surface area contributed by atoms with Crippen molar-refractivity contribution in [1.82, 2.24) is 0 Å². The standard InChI is InChI=1S/C15H14Cl3NO2/c1-20-14-7-15(21-2)13(6-12(14)18)19-8-9-3-4-10(16)11(17)5-9/h3-7,19H,8H2,1-2H3. The molecule has 0 amide bonds. The van der Waals surface area contributed by atoms with Crippen LogP contribution >= 0.6 is 34.8 Å². The second-order valence-electron chi connectivity index (χ2n) is 4.29. The van der Waals surface area contributed by atoms with Gasteiger partial charge in [0, 0.05) is 12.6 Å². The third-order valence-electron chi connectivity index (χ3n) is 2.94. The predicted octanol–water partition coefficient (Wildman–Crippen LogP) is 5.28. The summed E-state index contributed by atoms with van der Waals surface area (Å²) in [6.07, 6.45) is 0. The first-order chi connectivity index (χ1) is 10.0. The van der Waals surface area contributed by atoms with Crippen LogP contribution in [0.25, 0.3) is 0 Å². The van der Waals surface area contributed by atoms with E-state index >= 15 is 0 Å². The Hall–Kier alpha value is -1.29. The molecule has 0 aliphatic heterocycles. The van der Waals surface area contributed by atoms with Crippen molar-refractivity contribution in [2.45, 2.75) is 6.54 Å². The van der Waals surface area contributed by atoms with Gasteiger partial charge in [0.2, 0.25) is 0 Å². The monoisotopic (exact) mass is 345 g/mol. The predicted molar refractivity (Wildman–Crippen MR) is 88.3 cm³/mol. The Labute approximate surface area is 138 Å². The number of benzene rings is 2. The summed E-state index contributed by atoms with van der Waals surface area (Å²) in [6.45, 7) is 0.565. The highest BCUT2D eigenvalue weighted by Gasteiger charge is 2.10. The molecular weight excluding hydrogens is 333 g/mol. The fourth-order valence-electron chi connectivity index (χ4n) is 1.85. The van der Waals surface area contributed by atoms with Crippen LogP contribution in [0.1, 0.15) is 5.56 Å². The van der Waals surface area contributed by atoms with E-state index in [1.807, 2.05) is 12.1 Å². The van der Waals surface area contributed by atoms with Crippen molar-refractivity contribution in [3.63, 3.8) is 0 Å². The van der Waals surface area contributed by atoms with Gasteiger partial charge >= 0.3 is 0 Å². The zero-order valence-electron chi connectivity index (χ0n) is 11.5. The van der Waals surface area contributed by atoms with E-state index in [2.05, 4.69) is 5.32 Å². The van der Waals surface area contributed by atoms with Gasteiger partial charge < -0.3 is 14.8 Å². The fraction of sp³-hybridized carbons (Fsp3) is 0.200. The molecule has 6 heteroatoms. The Balaban J connectivity index is 2.19. The number of rotatable bonds is 5. The van der Waals surface area contributed by atoms with Crippen LogP contribution in [0.4, 0.5) is 5.69 Å². The molecule has 2 aromatic rings. The molecule has 0 aromatic heterocycles. The van der Waals surface area contributed by atoms with Gasteiger partial charge in [-0.3, -0.25) is 0 Å². The van der Waals surface area contributed by atoms with Crippen molar-refractivity contribution in [3.8, 4) is 11.5 Å². The van der Waals surface area contributed by atoms with Crippen LogP contribution in [-0.2, 0) is 6.54 Å². The topological polar surface area (TPSA) is 30.5 Å². The molecule has 0 aliphatic carbocycles. The maximum atomic E-state index is 6.13. The highest BCUT2D eigenvalue weighted by Crippen LogP contribution is 2.36. The number of methoxy groups -OCH3 is 2. The van der Waals surface area contributed by atoms with Crippen LogP contribution in [0.15, 0.2) is 30.3 Å². The average molecular weight is 347 g/mol. The van der Waals surface area contributed by atoms with Gasteiger partial charge in [0.1, 0.15) is 11.5 Å². The maximum absolute atomic E-state index is 6.13. The normalized spacial score (nSPS) is 10.3. The third-order valence-corrected chi connectivity index (χ3v) is 3.98. The minimum atomic E-state index is 0.509. The molecule has 1 N–H and O–H groups in total. The molecule has 0 atom stereocenters. The van der Waals surface area contributed by atoms with Gasteiger partial charge in [0.15, 0.2) is 0 Å². The first-order valence-electron chi connectivity index (χ1n) is 6.14. The Morgan fingerprint density at radius 3 is 2.19 bits per heavy atom. The van der Waals surface area contributed by atoms with E-state index < -0.39 is 0 Å². The van der Waals surface area contributed by atoms with E-state index in [0.29, 0.717) is 33.1 Å². The Bertz CT molecular complexity index is 647. The van der Waals surface area contributed by atoms with Crippen molar-refractivity contribution >= 4 is 40.5 Å². The lowest BCUT2D eigenvalue weighted by atomic mass is 10.2. The molecule has 0 fully saturated rings. The maximum Gasteiger partial charge on any atom is 0.145 e. The molecule has 2 aromatic carbocycles. The molecule has 0 unspecified atom stereocenters. The average Bonchev–Trinajstić information content (AvgIpc) is 2.48. The number of hydrogen-bond acceptors (Lipinski definition) is 3. The quantitative estimate of drug-likeness (QED) is 0.799. The number of hydrogen-bond donors (Lipinski definition) is 1. The summed E-state index contributed by atoms with van der Waals surface area (Å²) in [7, 11) is 3.15. The lowest BCUT2D eigenvalue weighted by Crippen LogP contribution is -2.02. The molecule has 0 saturated carbocycles. The molecule has 0 radical (unpaired) electrons. The third kappa shape index (κ3) is 3.88. The van der Waals surface area contributed by atoms with Gasteiger partial charge in [-0.15, -0.1) is 0 Å². The van der Waals surface area contributed by atoms with Crippen molar-refractivity contribution in [3.05, 3.63) is 51.0 Å². The fourth-order valence-corrected chi connectivity index (χ4v) is 2.41. The van der Waals surface area contributed by atoms with Crippen LogP contribution in [-0.4, -0.2) is 14.2 Å². The SMILES string of the molecule is COc1cc(OC)c(NCc2ccc(Cl)c(Cl)c2)cc1Cl. The molecule has 0 aliphatic rings. The molecule has 21 heavy (non-hydrogen) atoms. The van der Waals surface area contributed by atoms with Crippen LogP contribution in [0.3, 0.4) is 0 Å². The lowest BCUT2D eigenvalue weighted by Gasteiger charge is -2.14. The van der Waals surface area contributed by atoms with Gasteiger partial charge in [-0.25, -0.2) is 0 Å². The second-order valence-corrected chi connectivity index (χ2v) is 5.51. The van der Waals surface area contributed by atoms with E-state index in [-0.39, 0.29) is 0 Å². The van der Waals surface area contributed by atoms with Crippen molar-refractivity contribution in [1.29, 1.82) is 0 Å². The van der Waals surface area contributed by atoms with Crippen molar-refractivity contribution in [2.75, 3.05) is 19.5 Å². The first-order valence-corrected chi connectivity index (χ1v) is 7.28. The van der Waals surface area contributed by atoms with Crippen LogP contribution < -0.4 is 14.8 Å². The Kier molecular flexibility index (Phi) is 5.45. The van der Waals surface area contributed by atoms with E-state index in [1.54, 1.807) is 32.4 Å². The minimum absolute atomic E-state index is 0.509. The summed E-state index contributed by atoms with van der Waals surface area (Å²) >= 11 is 18.0. The summed E-state index contributed by atoms with van der Waals surface area (Å²) in [4.78, 5) is 0. The summed E-state index contributed by atoms with van der Waals surface area (Å²) in [5, 5.41) is 4.82. The minimum Gasteiger partial charge on any atom is -0.495 e. The smallest absolute Gasteiger partial charge is 0.145 e. The summed E-state index contributed by atoms with van der Waals surface area (Å²) in [5.41, 5.74) is 1.77. The van der Waals surface area contributed by atoms with Gasteiger partial charge in [0.25, 0.3) is 0 Å². The summed E-state index contributed by atoms with van der Waals surface area (Å²) < 4.78 is 10.5. The summed E-state index contributed by atoms with van der Waals surface area (Å²) in [6, 6.07) is 8.97. The lowest BCUT2D eigenvalue weighted by molar-refractivity contribution is 0.395. The molecule has 0 bridgehead atoms. The highest BCUT2D eigenvalue weighted by atomic mass is 35.5. The van der Waals surface area contributed by atoms with Crippen LogP contribution in [0.5, 0.6) is 11.5 Å². The zero-order valence-corrected chi connectivity index (χ0v) is 13.8. The van der Waals surface area contributed by atoms with Crippen LogP contribution in [0.2, 0.25) is 15.1 Å². The van der Waals surface area contributed by atoms with Crippen molar-refractivity contribution < 1.29 is 9.47 Å². The van der Waals surface area contributed by atoms with E-state index in [0.717, 1.165) is 11.3 Å². The van der Waals surface area contributed by atoms with Gasteiger partial charge in [-0.2, -0.15) is 0 Å². The van der Waals surface area contributed by atoms with Gasteiger partial charge in [-0.05, 0) is 23.8 Å². The highest BCUT2D eigenvalue weighted by molar-refractivity contribution is 6.42. The number of nitrogens with one attached hydrogen (secondary N) is 1. The molecule has 0 heterocycles.